The van der Waals surface area contributed by atoms with Crippen LogP contribution in [0, 0.1) is 12.7 Å². The summed E-state index contributed by atoms with van der Waals surface area (Å²) < 4.78 is 20.3. The van der Waals surface area contributed by atoms with Gasteiger partial charge in [0, 0.05) is 5.56 Å². The number of hydrogen-bond donors (Lipinski definition) is 1. The van der Waals surface area contributed by atoms with E-state index in [0.29, 0.717) is 34.1 Å². The molecule has 1 aliphatic heterocycles. The van der Waals surface area contributed by atoms with E-state index in [0.717, 1.165) is 16.7 Å². The molecule has 1 fully saturated rings. The van der Waals surface area contributed by atoms with Crippen LogP contribution in [0.2, 0.25) is 0 Å². The molecule has 182 valence electrons. The quantitative estimate of drug-likeness (QED) is 0.194. The predicted molar refractivity (Wildman–Crippen MR) is 138 cm³/mol. The van der Waals surface area contributed by atoms with E-state index in [-0.39, 0.29) is 11.3 Å². The zero-order valence-corrected chi connectivity index (χ0v) is 20.5. The van der Waals surface area contributed by atoms with Crippen molar-refractivity contribution in [2.24, 2.45) is 0 Å². The third-order valence-corrected chi connectivity index (χ3v) is 6.97. The Balaban J connectivity index is 1.68. The number of rotatable bonds is 6. The van der Waals surface area contributed by atoms with Gasteiger partial charge < -0.3 is 9.84 Å². The zero-order valence-electron chi connectivity index (χ0n) is 19.7. The number of halogens is 1. The van der Waals surface area contributed by atoms with Gasteiger partial charge in [-0.1, -0.05) is 48.6 Å². The molecule has 1 aliphatic rings. The highest BCUT2D eigenvalue weighted by Crippen LogP contribution is 2.44. The number of Topliss-reactive ketones (excluding diaryl/α,β-unsaturated/α-hetero) is 1. The molecule has 6 nitrogen and oxygen atoms in total. The first-order valence-corrected chi connectivity index (χ1v) is 12.4. The minimum Gasteiger partial charge on any atom is -0.507 e. The van der Waals surface area contributed by atoms with Gasteiger partial charge in [0.25, 0.3) is 5.78 Å². The number of aryl methyl sites for hydroxylation is 1. The summed E-state index contributed by atoms with van der Waals surface area (Å²) in [5, 5.41) is 11.6. The maximum Gasteiger partial charge on any atom is 0.301 e. The van der Waals surface area contributed by atoms with Gasteiger partial charge >= 0.3 is 5.91 Å². The molecule has 0 spiro atoms. The molecule has 36 heavy (non-hydrogen) atoms. The number of ether oxygens (including phenoxy) is 1. The van der Waals surface area contributed by atoms with E-state index >= 15 is 0 Å². The van der Waals surface area contributed by atoms with Gasteiger partial charge in [0.1, 0.15) is 17.3 Å². The summed E-state index contributed by atoms with van der Waals surface area (Å²) >= 11 is 1.28. The van der Waals surface area contributed by atoms with Crippen molar-refractivity contribution >= 4 is 44.1 Å². The molecule has 3 aromatic carbocycles. The monoisotopic (exact) mass is 502 g/mol. The lowest BCUT2D eigenvalue weighted by molar-refractivity contribution is -0.132. The number of thiazole rings is 1. The normalized spacial score (nSPS) is 17.2. The van der Waals surface area contributed by atoms with Gasteiger partial charge in [0.05, 0.1) is 28.4 Å². The van der Waals surface area contributed by atoms with Gasteiger partial charge in [0.2, 0.25) is 0 Å². The number of aromatic nitrogens is 1. The van der Waals surface area contributed by atoms with E-state index in [4.69, 9.17) is 4.74 Å². The van der Waals surface area contributed by atoms with Gasteiger partial charge in [-0.05, 0) is 60.9 Å². The summed E-state index contributed by atoms with van der Waals surface area (Å²) in [6.07, 6.45) is 0.813. The average Bonchev–Trinajstić information content (AvgIpc) is 3.40. The van der Waals surface area contributed by atoms with E-state index in [1.807, 2.05) is 32.0 Å². The molecule has 5 rings (SSSR count). The number of aliphatic hydroxyl groups excluding tert-OH is 1. The fourth-order valence-corrected chi connectivity index (χ4v) is 5.31. The van der Waals surface area contributed by atoms with Crippen LogP contribution >= 0.6 is 11.3 Å². The second-order valence-electron chi connectivity index (χ2n) is 8.56. The smallest absolute Gasteiger partial charge is 0.301 e. The van der Waals surface area contributed by atoms with E-state index in [1.54, 1.807) is 24.3 Å². The summed E-state index contributed by atoms with van der Waals surface area (Å²) in [6.45, 7) is 4.44. The first-order valence-electron chi connectivity index (χ1n) is 11.5. The Labute approximate surface area is 211 Å². The Bertz CT molecular complexity index is 1510. The molecule has 0 saturated carbocycles. The molecule has 1 atom stereocenters. The van der Waals surface area contributed by atoms with Crippen LogP contribution in [0.5, 0.6) is 5.75 Å². The number of nitrogens with zero attached hydrogens (tertiary/aromatic N) is 2. The Kier molecular flexibility index (Phi) is 6.28. The Morgan fingerprint density at radius 3 is 2.64 bits per heavy atom. The van der Waals surface area contributed by atoms with Crippen molar-refractivity contribution in [1.82, 2.24) is 4.98 Å². The molecule has 2 heterocycles. The van der Waals surface area contributed by atoms with Gasteiger partial charge in [0.15, 0.2) is 5.13 Å². The third-order valence-electron chi connectivity index (χ3n) is 5.95. The van der Waals surface area contributed by atoms with Crippen LogP contribution in [0.3, 0.4) is 0 Å². The van der Waals surface area contributed by atoms with Gasteiger partial charge in [-0.2, -0.15) is 0 Å². The van der Waals surface area contributed by atoms with Crippen molar-refractivity contribution in [3.63, 3.8) is 0 Å². The minimum absolute atomic E-state index is 0.0883. The minimum atomic E-state index is -0.979. The van der Waals surface area contributed by atoms with Gasteiger partial charge in [-0.25, -0.2) is 9.37 Å². The van der Waals surface area contributed by atoms with Crippen molar-refractivity contribution in [2.45, 2.75) is 26.3 Å². The lowest BCUT2D eigenvalue weighted by Crippen LogP contribution is -2.29. The van der Waals surface area contributed by atoms with Crippen LogP contribution in [0.15, 0.2) is 72.3 Å². The molecule has 0 aliphatic carbocycles. The Hall–Kier alpha value is -4.04. The van der Waals surface area contributed by atoms with Gasteiger partial charge in [-0.3, -0.25) is 14.5 Å². The number of amides is 1. The molecule has 4 aromatic rings. The fraction of sp³-hybridized carbons (Fsp3) is 0.179. The largest absolute Gasteiger partial charge is 0.507 e. The molecule has 0 radical (unpaired) electrons. The molecular weight excluding hydrogens is 479 g/mol. The van der Waals surface area contributed by atoms with E-state index in [2.05, 4.69) is 4.98 Å². The summed E-state index contributed by atoms with van der Waals surface area (Å²) in [5.41, 5.74) is 2.47. The summed E-state index contributed by atoms with van der Waals surface area (Å²) in [7, 11) is 0. The van der Waals surface area contributed by atoms with E-state index in [9.17, 15) is 19.1 Å². The van der Waals surface area contributed by atoms with Crippen LogP contribution in [0.1, 0.15) is 36.1 Å². The number of ketones is 1. The molecule has 0 bridgehead atoms. The fourth-order valence-electron chi connectivity index (χ4n) is 4.22. The van der Waals surface area contributed by atoms with Gasteiger partial charge in [-0.15, -0.1) is 0 Å². The van der Waals surface area contributed by atoms with Crippen LogP contribution in [-0.2, 0) is 9.59 Å². The SMILES string of the molecule is CCCOc1cccc(C(O)=C2C(=O)C(=O)N(c3nc4ccc(C)cc4s3)C2c2ccc(F)cc2)c1. The number of benzene rings is 3. The zero-order chi connectivity index (χ0) is 25.4. The number of carbonyl (C=O) groups excluding carboxylic acids is 2. The molecular formula is C28H23FN2O4S. The standard InChI is InChI=1S/C28H23FN2O4S/c1-3-13-35-20-6-4-5-18(15-20)25(32)23-24(17-8-10-19(29)11-9-17)31(27(34)26(23)33)28-30-21-12-7-16(2)14-22(21)36-28/h4-12,14-15,24,32H,3,13H2,1-2H3. The lowest BCUT2D eigenvalue weighted by atomic mass is 9.95. The second kappa shape index (κ2) is 9.54. The average molecular weight is 503 g/mol. The van der Waals surface area contributed by atoms with Crippen molar-refractivity contribution in [3.05, 3.63) is 94.8 Å². The molecule has 1 saturated heterocycles. The first kappa shape index (κ1) is 23.7. The van der Waals surface area contributed by atoms with Crippen molar-refractivity contribution in [3.8, 4) is 5.75 Å². The Morgan fingerprint density at radius 2 is 1.89 bits per heavy atom. The lowest BCUT2D eigenvalue weighted by Gasteiger charge is -2.23. The highest BCUT2D eigenvalue weighted by atomic mass is 32.1. The second-order valence-corrected chi connectivity index (χ2v) is 9.57. The van der Waals surface area contributed by atoms with Crippen molar-refractivity contribution < 1.29 is 23.8 Å². The number of hydrogen-bond acceptors (Lipinski definition) is 6. The molecule has 1 N–H and O–H groups in total. The summed E-state index contributed by atoms with van der Waals surface area (Å²) in [4.78, 5) is 32.6. The molecule has 1 amide bonds. The van der Waals surface area contributed by atoms with Crippen molar-refractivity contribution in [1.29, 1.82) is 0 Å². The predicted octanol–water partition coefficient (Wildman–Crippen LogP) is 6.16. The van der Waals surface area contributed by atoms with Crippen molar-refractivity contribution in [2.75, 3.05) is 11.5 Å². The molecule has 1 aromatic heterocycles. The summed E-state index contributed by atoms with van der Waals surface area (Å²) in [5.74, 6) is -1.89. The topological polar surface area (TPSA) is 79.7 Å². The highest BCUT2D eigenvalue weighted by Gasteiger charge is 2.48. The maximum atomic E-state index is 13.8. The number of anilines is 1. The molecule has 1 unspecified atom stereocenters. The van der Waals surface area contributed by atoms with Crippen LogP contribution in [0.25, 0.3) is 16.0 Å². The Morgan fingerprint density at radius 1 is 1.11 bits per heavy atom. The summed E-state index contributed by atoms with van der Waals surface area (Å²) in [6, 6.07) is 17.0. The van der Waals surface area contributed by atoms with Crippen LogP contribution in [0.4, 0.5) is 9.52 Å². The third kappa shape index (κ3) is 4.24. The molecule has 8 heteroatoms. The van der Waals surface area contributed by atoms with Crippen LogP contribution in [-0.4, -0.2) is 28.4 Å². The first-order chi connectivity index (χ1) is 17.4. The number of fused-ring (bicyclic) bond motifs is 1. The number of carbonyl (C=O) groups is 2. The highest BCUT2D eigenvalue weighted by molar-refractivity contribution is 7.22. The number of aliphatic hydroxyl groups is 1. The van der Waals surface area contributed by atoms with E-state index < -0.39 is 23.5 Å². The van der Waals surface area contributed by atoms with Crippen LogP contribution < -0.4 is 9.64 Å². The maximum absolute atomic E-state index is 13.8. The van der Waals surface area contributed by atoms with E-state index in [1.165, 1.54) is 40.5 Å².